The van der Waals surface area contributed by atoms with E-state index in [1.165, 1.54) is 135 Å². The van der Waals surface area contributed by atoms with Crippen LogP contribution in [0.1, 0.15) is 163 Å². The maximum absolute atomic E-state index is 2.85. The lowest BCUT2D eigenvalue weighted by molar-refractivity contribution is 0.368. The third kappa shape index (κ3) is 19.3. The van der Waals surface area contributed by atoms with Gasteiger partial charge in [-0.15, -0.1) is 0 Å². The molecule has 0 rings (SSSR count). The minimum absolute atomic E-state index is 0.901. The molecule has 0 amide bonds. The van der Waals surface area contributed by atoms with Crippen molar-refractivity contribution in [1.29, 1.82) is 0 Å². The Bertz CT molecular complexity index is 269. The van der Waals surface area contributed by atoms with Crippen LogP contribution in [0.15, 0.2) is 0 Å². The van der Waals surface area contributed by atoms with Crippen LogP contribution >= 0.6 is 0 Å². The maximum Gasteiger partial charge on any atom is -0.0324 e. The molecule has 0 aliphatic rings. The highest BCUT2D eigenvalue weighted by molar-refractivity contribution is 4.84. The molecule has 0 aromatic rings. The Morgan fingerprint density at radius 2 is 0.643 bits per heavy atom. The molecule has 0 aromatic heterocycles. The summed E-state index contributed by atoms with van der Waals surface area (Å²) >= 11 is 0. The molecule has 0 aliphatic carbocycles. The molecule has 28 heavy (non-hydrogen) atoms. The molecular formula is C28H57. The second kappa shape index (κ2) is 23.3. The monoisotopic (exact) mass is 393 g/mol. The van der Waals surface area contributed by atoms with Gasteiger partial charge in [-0.2, -0.15) is 0 Å². The van der Waals surface area contributed by atoms with Gasteiger partial charge in [0, 0.05) is 0 Å². The smallest absolute Gasteiger partial charge is 0.0324 e. The molecule has 0 aromatic carbocycles. The summed E-state index contributed by atoms with van der Waals surface area (Å²) in [6, 6.07) is 0. The summed E-state index contributed by atoms with van der Waals surface area (Å²) in [6.07, 6.45) is 33.0. The highest BCUT2D eigenvalue weighted by Crippen LogP contribution is 2.30. The van der Waals surface area contributed by atoms with Gasteiger partial charge in [-0.3, -0.25) is 0 Å². The van der Waals surface area contributed by atoms with Crippen LogP contribution in [0.25, 0.3) is 0 Å². The number of rotatable bonds is 23. The first-order chi connectivity index (χ1) is 13.8. The molecule has 2 atom stereocenters. The quantitative estimate of drug-likeness (QED) is 0.151. The molecule has 0 spiro atoms. The molecule has 169 valence electrons. The first-order valence-corrected chi connectivity index (χ1v) is 13.6. The van der Waals surface area contributed by atoms with Gasteiger partial charge in [0.2, 0.25) is 0 Å². The van der Waals surface area contributed by atoms with Crippen LogP contribution in [0.5, 0.6) is 0 Å². The summed E-state index contributed by atoms with van der Waals surface area (Å²) < 4.78 is 0. The topological polar surface area (TPSA) is 0 Å². The van der Waals surface area contributed by atoms with Crippen molar-refractivity contribution in [1.82, 2.24) is 0 Å². The van der Waals surface area contributed by atoms with Crippen LogP contribution in [0.2, 0.25) is 0 Å². The third-order valence-corrected chi connectivity index (χ3v) is 6.51. The number of unbranched alkanes of at least 4 members (excludes halogenated alkanes) is 13. The lowest BCUT2D eigenvalue weighted by Gasteiger charge is -2.24. The standard InChI is InChI=1S/C28H57/c1-5-9-13-16-18-21-24-27(22-12-8-4)26-28(23-19-15-11-7-3)25-20-17-14-10-6-2/h26-28H,5-25H2,1-4H3. The van der Waals surface area contributed by atoms with Crippen molar-refractivity contribution in [3.8, 4) is 0 Å². The van der Waals surface area contributed by atoms with E-state index < -0.39 is 0 Å². The second-order valence-corrected chi connectivity index (χ2v) is 9.46. The molecule has 0 bridgehead atoms. The second-order valence-electron chi connectivity index (χ2n) is 9.46. The van der Waals surface area contributed by atoms with Crippen molar-refractivity contribution in [3.05, 3.63) is 6.42 Å². The van der Waals surface area contributed by atoms with Crippen molar-refractivity contribution in [2.45, 2.75) is 163 Å². The van der Waals surface area contributed by atoms with Crippen molar-refractivity contribution in [2.75, 3.05) is 0 Å². The minimum Gasteiger partial charge on any atom is -0.0654 e. The van der Waals surface area contributed by atoms with Crippen LogP contribution in [0, 0.1) is 18.3 Å². The first-order valence-electron chi connectivity index (χ1n) is 13.6. The summed E-state index contributed by atoms with van der Waals surface area (Å²) in [4.78, 5) is 0. The molecule has 0 fully saturated rings. The van der Waals surface area contributed by atoms with E-state index >= 15 is 0 Å². The first kappa shape index (κ1) is 28.0. The molecule has 0 nitrogen and oxygen atoms in total. The highest BCUT2D eigenvalue weighted by atomic mass is 14.2. The Labute approximate surface area is 181 Å². The zero-order valence-corrected chi connectivity index (χ0v) is 20.6. The molecule has 1 radical (unpaired) electrons. The Hall–Kier alpha value is 0. The van der Waals surface area contributed by atoms with Crippen LogP contribution in [0.4, 0.5) is 0 Å². The van der Waals surface area contributed by atoms with E-state index in [1.54, 1.807) is 0 Å². The largest absolute Gasteiger partial charge is 0.0654 e. The van der Waals surface area contributed by atoms with E-state index in [2.05, 4.69) is 34.1 Å². The molecule has 0 saturated heterocycles. The fourth-order valence-electron chi connectivity index (χ4n) is 4.56. The fourth-order valence-corrected chi connectivity index (χ4v) is 4.56. The summed E-state index contributed by atoms with van der Waals surface area (Å²) in [7, 11) is 0. The van der Waals surface area contributed by atoms with E-state index in [-0.39, 0.29) is 0 Å². The Balaban J connectivity index is 4.33. The summed E-state index contributed by atoms with van der Waals surface area (Å²) in [5, 5.41) is 0. The lowest BCUT2D eigenvalue weighted by Crippen LogP contribution is -2.11. The average molecular weight is 394 g/mol. The Morgan fingerprint density at radius 3 is 1.04 bits per heavy atom. The summed E-state index contributed by atoms with van der Waals surface area (Å²) in [5.74, 6) is 1.80. The van der Waals surface area contributed by atoms with E-state index in [9.17, 15) is 0 Å². The van der Waals surface area contributed by atoms with Gasteiger partial charge < -0.3 is 0 Å². The molecule has 2 unspecified atom stereocenters. The minimum atomic E-state index is 0.901. The van der Waals surface area contributed by atoms with Crippen LogP contribution < -0.4 is 0 Å². The SMILES string of the molecule is CCCCCCCCC([CH]C(CCCCCC)CCCCCCC)CCCC. The fraction of sp³-hybridized carbons (Fsp3) is 0.964. The summed E-state index contributed by atoms with van der Waals surface area (Å²) in [6.45, 7) is 9.33. The van der Waals surface area contributed by atoms with Crippen molar-refractivity contribution < 1.29 is 0 Å². The molecule has 0 aliphatic heterocycles. The molecular weight excluding hydrogens is 336 g/mol. The maximum atomic E-state index is 2.85. The number of hydrogen-bond acceptors (Lipinski definition) is 0. The predicted octanol–water partition coefficient (Wildman–Crippen LogP) is 10.7. The van der Waals surface area contributed by atoms with E-state index in [1.807, 2.05) is 0 Å². The Kier molecular flexibility index (Phi) is 23.3. The van der Waals surface area contributed by atoms with Crippen LogP contribution in [-0.2, 0) is 0 Å². The van der Waals surface area contributed by atoms with Crippen molar-refractivity contribution >= 4 is 0 Å². The zero-order valence-electron chi connectivity index (χ0n) is 20.6. The van der Waals surface area contributed by atoms with Gasteiger partial charge in [0.05, 0.1) is 0 Å². The highest BCUT2D eigenvalue weighted by Gasteiger charge is 2.16. The van der Waals surface area contributed by atoms with Crippen LogP contribution in [-0.4, -0.2) is 0 Å². The normalized spacial score (nSPS) is 13.7. The van der Waals surface area contributed by atoms with Gasteiger partial charge >= 0.3 is 0 Å². The lowest BCUT2D eigenvalue weighted by atomic mass is 9.82. The Morgan fingerprint density at radius 1 is 0.357 bits per heavy atom. The molecule has 0 heteroatoms. The van der Waals surface area contributed by atoms with E-state index in [4.69, 9.17) is 0 Å². The van der Waals surface area contributed by atoms with Crippen molar-refractivity contribution in [3.63, 3.8) is 0 Å². The molecule has 0 heterocycles. The van der Waals surface area contributed by atoms with Gasteiger partial charge in [0.15, 0.2) is 0 Å². The third-order valence-electron chi connectivity index (χ3n) is 6.51. The molecule has 0 saturated carbocycles. The van der Waals surface area contributed by atoms with E-state index in [0.29, 0.717) is 0 Å². The average Bonchev–Trinajstić information content (AvgIpc) is 2.71. The van der Waals surface area contributed by atoms with Crippen LogP contribution in [0.3, 0.4) is 0 Å². The van der Waals surface area contributed by atoms with Gasteiger partial charge in [-0.05, 0) is 18.3 Å². The van der Waals surface area contributed by atoms with Gasteiger partial charge in [-0.25, -0.2) is 0 Å². The molecule has 0 N–H and O–H groups in total. The predicted molar refractivity (Wildman–Crippen MR) is 131 cm³/mol. The number of hydrogen-bond donors (Lipinski definition) is 0. The van der Waals surface area contributed by atoms with Gasteiger partial charge in [0.1, 0.15) is 0 Å². The van der Waals surface area contributed by atoms with Gasteiger partial charge in [-0.1, -0.05) is 163 Å². The van der Waals surface area contributed by atoms with Gasteiger partial charge in [0.25, 0.3) is 0 Å². The summed E-state index contributed by atoms with van der Waals surface area (Å²) in [5.41, 5.74) is 0. The zero-order chi connectivity index (χ0) is 20.7. The van der Waals surface area contributed by atoms with Crippen molar-refractivity contribution in [2.24, 2.45) is 11.8 Å². The van der Waals surface area contributed by atoms with E-state index in [0.717, 1.165) is 11.8 Å².